The van der Waals surface area contributed by atoms with Crippen LogP contribution in [0.5, 0.6) is 0 Å². The summed E-state index contributed by atoms with van der Waals surface area (Å²) in [6.07, 6.45) is 2.37. The zero-order valence-electron chi connectivity index (χ0n) is 15.3. The van der Waals surface area contributed by atoms with Crippen molar-refractivity contribution in [1.29, 1.82) is 0 Å². The second-order valence-corrected chi connectivity index (χ2v) is 7.89. The van der Waals surface area contributed by atoms with Crippen LogP contribution in [0.1, 0.15) is 45.5 Å². The molecule has 0 spiro atoms. The van der Waals surface area contributed by atoms with E-state index in [0.717, 1.165) is 36.3 Å². The average molecular weight is 378 g/mol. The van der Waals surface area contributed by atoms with Gasteiger partial charge < -0.3 is 5.11 Å². The van der Waals surface area contributed by atoms with Gasteiger partial charge >= 0.3 is 5.97 Å². The molecule has 0 bridgehead atoms. The molecule has 2 aromatic carbocycles. The molecule has 1 aliphatic rings. The number of hydrogen-bond donors (Lipinski definition) is 1. The van der Waals surface area contributed by atoms with E-state index in [1.165, 1.54) is 17.0 Å². The highest BCUT2D eigenvalue weighted by Gasteiger charge is 2.28. The smallest absolute Gasteiger partial charge is 0.336 e. The van der Waals surface area contributed by atoms with Gasteiger partial charge in [-0.3, -0.25) is 4.90 Å². The molecule has 0 radical (unpaired) electrons. The Balaban J connectivity index is 1.52. The number of aromatic carboxylic acids is 1. The van der Waals surface area contributed by atoms with Gasteiger partial charge in [0.1, 0.15) is 5.01 Å². The highest BCUT2D eigenvalue weighted by Crippen LogP contribution is 2.35. The van der Waals surface area contributed by atoms with Gasteiger partial charge in [-0.1, -0.05) is 42.5 Å². The highest BCUT2D eigenvalue weighted by molar-refractivity contribution is 7.09. The Bertz CT molecular complexity index is 949. The van der Waals surface area contributed by atoms with E-state index < -0.39 is 5.97 Å². The minimum absolute atomic E-state index is 0.337. The number of likely N-dealkylation sites (tertiary alicyclic amines) is 1. The SMILES string of the molecule is Cc1csc([C@H]2CCCN2Cc2ccc(-c3ccccc3C(=O)O)cc2)n1. The monoisotopic (exact) mass is 378 g/mol. The third-order valence-corrected chi connectivity index (χ3v) is 6.16. The van der Waals surface area contributed by atoms with Crippen molar-refractivity contribution in [2.75, 3.05) is 6.54 Å². The second-order valence-electron chi connectivity index (χ2n) is 7.00. The zero-order chi connectivity index (χ0) is 18.8. The lowest BCUT2D eigenvalue weighted by molar-refractivity contribution is 0.0697. The van der Waals surface area contributed by atoms with E-state index in [-0.39, 0.29) is 0 Å². The molecule has 0 aliphatic carbocycles. The lowest BCUT2D eigenvalue weighted by Gasteiger charge is -2.23. The summed E-state index contributed by atoms with van der Waals surface area (Å²) < 4.78 is 0. The fourth-order valence-corrected chi connectivity index (χ4v) is 4.73. The van der Waals surface area contributed by atoms with E-state index in [9.17, 15) is 9.90 Å². The van der Waals surface area contributed by atoms with E-state index >= 15 is 0 Å². The second kappa shape index (κ2) is 7.62. The summed E-state index contributed by atoms with van der Waals surface area (Å²) in [7, 11) is 0. The summed E-state index contributed by atoms with van der Waals surface area (Å²) in [5.41, 5.74) is 4.37. The molecule has 1 aromatic heterocycles. The summed E-state index contributed by atoms with van der Waals surface area (Å²) in [5, 5.41) is 12.7. The Hall–Kier alpha value is -2.50. The molecule has 0 amide bonds. The molecule has 1 saturated heterocycles. The molecule has 1 atom stereocenters. The largest absolute Gasteiger partial charge is 0.478 e. The molecule has 1 fully saturated rings. The predicted octanol–water partition coefficient (Wildman–Crippen LogP) is 5.15. The quantitative estimate of drug-likeness (QED) is 0.667. The van der Waals surface area contributed by atoms with Crippen molar-refractivity contribution in [3.05, 3.63) is 75.7 Å². The van der Waals surface area contributed by atoms with Crippen LogP contribution in [0, 0.1) is 6.92 Å². The van der Waals surface area contributed by atoms with Gasteiger partial charge in [0.2, 0.25) is 0 Å². The molecule has 27 heavy (non-hydrogen) atoms. The number of aromatic nitrogens is 1. The first kappa shape index (κ1) is 17.9. The molecule has 0 unspecified atom stereocenters. The van der Waals surface area contributed by atoms with E-state index in [1.54, 1.807) is 23.5 Å². The fraction of sp³-hybridized carbons (Fsp3) is 0.273. The Labute approximate surface area is 163 Å². The number of rotatable bonds is 5. The van der Waals surface area contributed by atoms with Gasteiger partial charge in [0.15, 0.2) is 0 Å². The zero-order valence-corrected chi connectivity index (χ0v) is 16.1. The van der Waals surface area contributed by atoms with Crippen molar-refractivity contribution in [3.63, 3.8) is 0 Å². The van der Waals surface area contributed by atoms with E-state index in [1.807, 2.05) is 31.2 Å². The maximum Gasteiger partial charge on any atom is 0.336 e. The molecule has 138 valence electrons. The number of nitrogens with zero attached hydrogens (tertiary/aromatic N) is 2. The number of aryl methyl sites for hydroxylation is 1. The first-order valence-electron chi connectivity index (χ1n) is 9.19. The molecule has 1 N–H and O–H groups in total. The van der Waals surface area contributed by atoms with Gasteiger partial charge in [-0.2, -0.15) is 0 Å². The minimum atomic E-state index is -0.895. The first-order valence-corrected chi connectivity index (χ1v) is 10.1. The van der Waals surface area contributed by atoms with Crippen LogP contribution in [0.2, 0.25) is 0 Å². The summed E-state index contributed by atoms with van der Waals surface area (Å²) in [6.45, 7) is 4.03. The van der Waals surface area contributed by atoms with Gasteiger partial charge in [0.05, 0.1) is 11.6 Å². The van der Waals surface area contributed by atoms with Crippen molar-refractivity contribution in [3.8, 4) is 11.1 Å². The molecule has 4 rings (SSSR count). The molecule has 1 aliphatic heterocycles. The number of benzene rings is 2. The third kappa shape index (κ3) is 3.80. The molecule has 0 saturated carbocycles. The number of carboxylic acid groups (broad SMARTS) is 1. The maximum absolute atomic E-state index is 11.5. The Morgan fingerprint density at radius 3 is 2.70 bits per heavy atom. The van der Waals surface area contributed by atoms with Crippen LogP contribution in [-0.2, 0) is 6.54 Å². The van der Waals surface area contributed by atoms with Crippen LogP contribution >= 0.6 is 11.3 Å². The highest BCUT2D eigenvalue weighted by atomic mass is 32.1. The van der Waals surface area contributed by atoms with E-state index in [0.29, 0.717) is 11.6 Å². The fourth-order valence-electron chi connectivity index (χ4n) is 3.77. The Morgan fingerprint density at radius 1 is 1.22 bits per heavy atom. The Kier molecular flexibility index (Phi) is 5.05. The van der Waals surface area contributed by atoms with Crippen LogP contribution in [0.15, 0.2) is 53.9 Å². The Morgan fingerprint density at radius 2 is 2.00 bits per heavy atom. The molecule has 2 heterocycles. The van der Waals surface area contributed by atoms with Crippen LogP contribution in [0.3, 0.4) is 0 Å². The molecule has 4 nitrogen and oxygen atoms in total. The van der Waals surface area contributed by atoms with Crippen LogP contribution < -0.4 is 0 Å². The molecule has 5 heteroatoms. The van der Waals surface area contributed by atoms with Gasteiger partial charge in [-0.15, -0.1) is 11.3 Å². The number of carbonyl (C=O) groups is 1. The standard InChI is InChI=1S/C22H22N2O2S/c1-15-14-27-21(23-15)20-7-4-12-24(20)13-16-8-10-17(11-9-16)18-5-2-3-6-19(18)22(25)26/h2-3,5-6,8-11,14,20H,4,7,12-13H2,1H3,(H,25,26)/t20-/m1/s1. The topological polar surface area (TPSA) is 53.4 Å². The predicted molar refractivity (Wildman–Crippen MR) is 108 cm³/mol. The van der Waals surface area contributed by atoms with Crippen molar-refractivity contribution in [2.24, 2.45) is 0 Å². The van der Waals surface area contributed by atoms with Crippen molar-refractivity contribution in [1.82, 2.24) is 9.88 Å². The molecular weight excluding hydrogens is 356 g/mol. The maximum atomic E-state index is 11.5. The van der Waals surface area contributed by atoms with Crippen molar-refractivity contribution in [2.45, 2.75) is 32.4 Å². The molecular formula is C22H22N2O2S. The van der Waals surface area contributed by atoms with Gasteiger partial charge in [0.25, 0.3) is 0 Å². The van der Waals surface area contributed by atoms with Gasteiger partial charge in [0, 0.05) is 17.6 Å². The lowest BCUT2D eigenvalue weighted by atomic mass is 9.98. The van der Waals surface area contributed by atoms with Crippen LogP contribution in [0.4, 0.5) is 0 Å². The summed E-state index contributed by atoms with van der Waals surface area (Å²) in [5.74, 6) is -0.895. The lowest BCUT2D eigenvalue weighted by Crippen LogP contribution is -2.22. The minimum Gasteiger partial charge on any atom is -0.478 e. The van der Waals surface area contributed by atoms with Crippen LogP contribution in [-0.4, -0.2) is 27.5 Å². The van der Waals surface area contributed by atoms with Gasteiger partial charge in [-0.25, -0.2) is 9.78 Å². The van der Waals surface area contributed by atoms with E-state index in [4.69, 9.17) is 0 Å². The van der Waals surface area contributed by atoms with Crippen molar-refractivity contribution >= 4 is 17.3 Å². The number of carboxylic acids is 1. The van der Waals surface area contributed by atoms with Gasteiger partial charge in [-0.05, 0) is 49.1 Å². The number of thiazole rings is 1. The summed E-state index contributed by atoms with van der Waals surface area (Å²) >= 11 is 1.76. The first-order chi connectivity index (χ1) is 13.1. The summed E-state index contributed by atoms with van der Waals surface area (Å²) in [6, 6.07) is 15.8. The van der Waals surface area contributed by atoms with Crippen LogP contribution in [0.25, 0.3) is 11.1 Å². The van der Waals surface area contributed by atoms with E-state index in [2.05, 4.69) is 27.4 Å². The normalized spacial score (nSPS) is 17.3. The number of hydrogen-bond acceptors (Lipinski definition) is 4. The molecule has 3 aromatic rings. The summed E-state index contributed by atoms with van der Waals surface area (Å²) in [4.78, 5) is 18.6. The third-order valence-electron chi connectivity index (χ3n) is 5.09. The van der Waals surface area contributed by atoms with Crippen molar-refractivity contribution < 1.29 is 9.90 Å². The average Bonchev–Trinajstić information content (AvgIpc) is 3.31.